The van der Waals surface area contributed by atoms with Crippen molar-refractivity contribution in [1.82, 2.24) is 29.6 Å². The van der Waals surface area contributed by atoms with E-state index < -0.39 is 0 Å². The summed E-state index contributed by atoms with van der Waals surface area (Å²) in [5, 5.41) is 9.03. The van der Waals surface area contributed by atoms with Gasteiger partial charge in [-0.3, -0.25) is 4.90 Å². The van der Waals surface area contributed by atoms with Gasteiger partial charge in [0.15, 0.2) is 0 Å². The lowest BCUT2D eigenvalue weighted by molar-refractivity contribution is 0.317. The number of anilines is 1. The zero-order valence-electron chi connectivity index (χ0n) is 15.6. The quantitative estimate of drug-likeness (QED) is 0.805. The highest BCUT2D eigenvalue weighted by atomic mass is 16.5. The number of methoxy groups -OCH3 is 1. The van der Waals surface area contributed by atoms with Crippen molar-refractivity contribution < 1.29 is 4.74 Å². The van der Waals surface area contributed by atoms with Gasteiger partial charge < -0.3 is 14.2 Å². The van der Waals surface area contributed by atoms with E-state index in [1.807, 2.05) is 6.07 Å². The van der Waals surface area contributed by atoms with Gasteiger partial charge in [-0.25, -0.2) is 9.97 Å². The second-order valence-corrected chi connectivity index (χ2v) is 7.22. The first-order chi connectivity index (χ1) is 12.7. The largest absolute Gasteiger partial charge is 0.481 e. The molecule has 0 radical (unpaired) electrons. The third-order valence-electron chi connectivity index (χ3n) is 5.51. The number of hydrogen-bond donors (Lipinski definition) is 0. The predicted molar refractivity (Wildman–Crippen MR) is 98.3 cm³/mol. The third kappa shape index (κ3) is 3.51. The minimum absolute atomic E-state index is 0.370. The third-order valence-corrected chi connectivity index (χ3v) is 5.51. The van der Waals surface area contributed by atoms with Gasteiger partial charge in [-0.05, 0) is 38.8 Å². The smallest absolute Gasteiger partial charge is 0.218 e. The molecule has 0 bridgehead atoms. The van der Waals surface area contributed by atoms with Crippen LogP contribution < -0.4 is 9.64 Å². The van der Waals surface area contributed by atoms with Crippen LogP contribution >= 0.6 is 0 Å². The lowest BCUT2D eigenvalue weighted by atomic mass is 9.97. The first-order valence-corrected chi connectivity index (χ1v) is 9.46. The number of aromatic nitrogens is 5. The van der Waals surface area contributed by atoms with Crippen molar-refractivity contribution in [2.24, 2.45) is 7.05 Å². The van der Waals surface area contributed by atoms with Gasteiger partial charge in [-0.1, -0.05) is 0 Å². The highest BCUT2D eigenvalue weighted by molar-refractivity contribution is 5.41. The minimum Gasteiger partial charge on any atom is -0.481 e. The molecule has 0 N–H and O–H groups in total. The Hall–Kier alpha value is -2.22. The van der Waals surface area contributed by atoms with Crippen LogP contribution in [0, 0.1) is 0 Å². The zero-order valence-corrected chi connectivity index (χ0v) is 15.6. The maximum atomic E-state index is 5.23. The first-order valence-electron chi connectivity index (χ1n) is 9.46. The first kappa shape index (κ1) is 17.2. The van der Waals surface area contributed by atoms with Gasteiger partial charge in [0, 0.05) is 32.1 Å². The van der Waals surface area contributed by atoms with E-state index in [0.29, 0.717) is 11.8 Å². The fourth-order valence-electron chi connectivity index (χ4n) is 4.02. The lowest BCUT2D eigenvalue weighted by Crippen LogP contribution is -2.36. The van der Waals surface area contributed by atoms with Gasteiger partial charge in [0.2, 0.25) is 5.88 Å². The van der Waals surface area contributed by atoms with Gasteiger partial charge in [-0.2, -0.15) is 0 Å². The number of hydrogen-bond acceptors (Lipinski definition) is 7. The summed E-state index contributed by atoms with van der Waals surface area (Å²) < 4.78 is 7.44. The summed E-state index contributed by atoms with van der Waals surface area (Å²) in [4.78, 5) is 13.3. The molecule has 0 amide bonds. The van der Waals surface area contributed by atoms with Crippen molar-refractivity contribution in [3.05, 3.63) is 24.0 Å². The zero-order chi connectivity index (χ0) is 17.9. The predicted octanol–water partition coefficient (Wildman–Crippen LogP) is 1.59. The van der Waals surface area contributed by atoms with Gasteiger partial charge >= 0.3 is 0 Å². The number of nitrogens with zero attached hydrogens (tertiary/aromatic N) is 7. The van der Waals surface area contributed by atoms with Crippen LogP contribution in [0.2, 0.25) is 0 Å². The molecule has 0 saturated carbocycles. The Labute approximate surface area is 154 Å². The summed E-state index contributed by atoms with van der Waals surface area (Å²) in [7, 11) is 3.74. The van der Waals surface area contributed by atoms with E-state index in [9.17, 15) is 0 Å². The molecule has 2 aliphatic rings. The minimum atomic E-state index is 0.370. The maximum absolute atomic E-state index is 5.23. The molecule has 0 aliphatic carbocycles. The van der Waals surface area contributed by atoms with E-state index >= 15 is 0 Å². The molecule has 1 atom stereocenters. The molecular weight excluding hydrogens is 330 g/mol. The summed E-state index contributed by atoms with van der Waals surface area (Å²) >= 11 is 0. The van der Waals surface area contributed by atoms with Crippen LogP contribution in [0.15, 0.2) is 12.4 Å². The molecule has 2 saturated heterocycles. The Morgan fingerprint density at radius 1 is 1.12 bits per heavy atom. The molecule has 2 aromatic rings. The van der Waals surface area contributed by atoms with Crippen molar-refractivity contribution in [3.8, 4) is 5.88 Å². The molecule has 0 spiro atoms. The molecule has 8 heteroatoms. The monoisotopic (exact) mass is 357 g/mol. The summed E-state index contributed by atoms with van der Waals surface area (Å²) in [6.45, 7) is 5.15. The van der Waals surface area contributed by atoms with Crippen LogP contribution in [0.1, 0.15) is 43.3 Å². The van der Waals surface area contributed by atoms with Crippen molar-refractivity contribution in [3.63, 3.8) is 0 Å². The van der Waals surface area contributed by atoms with Crippen LogP contribution in [0.5, 0.6) is 5.88 Å². The van der Waals surface area contributed by atoms with Gasteiger partial charge in [-0.15, -0.1) is 10.2 Å². The van der Waals surface area contributed by atoms with E-state index in [-0.39, 0.29) is 0 Å². The van der Waals surface area contributed by atoms with Crippen molar-refractivity contribution in [1.29, 1.82) is 0 Å². The second kappa shape index (κ2) is 7.57. The van der Waals surface area contributed by atoms with Crippen molar-refractivity contribution >= 4 is 5.82 Å². The Bertz CT molecular complexity index is 741. The molecule has 4 heterocycles. The summed E-state index contributed by atoms with van der Waals surface area (Å²) in [6.07, 6.45) is 6.41. The molecule has 8 nitrogen and oxygen atoms in total. The lowest BCUT2D eigenvalue weighted by Gasteiger charge is -2.33. The van der Waals surface area contributed by atoms with E-state index in [0.717, 1.165) is 49.9 Å². The Morgan fingerprint density at radius 3 is 2.77 bits per heavy atom. The molecule has 140 valence electrons. The van der Waals surface area contributed by atoms with E-state index in [2.05, 4.69) is 41.6 Å². The van der Waals surface area contributed by atoms with Gasteiger partial charge in [0.1, 0.15) is 23.8 Å². The number of rotatable bonds is 5. The van der Waals surface area contributed by atoms with Crippen LogP contribution in [-0.4, -0.2) is 62.9 Å². The Kier molecular flexibility index (Phi) is 5.01. The summed E-state index contributed by atoms with van der Waals surface area (Å²) in [5.41, 5.74) is 0. The van der Waals surface area contributed by atoms with Crippen LogP contribution in [0.4, 0.5) is 5.82 Å². The molecular formula is C18H27N7O. The molecule has 4 rings (SSSR count). The maximum Gasteiger partial charge on any atom is 0.218 e. The Balaban J connectivity index is 1.48. The number of ether oxygens (including phenoxy) is 1. The van der Waals surface area contributed by atoms with Crippen molar-refractivity contribution in [2.45, 2.75) is 38.1 Å². The number of likely N-dealkylation sites (tertiary alicyclic amines) is 1. The van der Waals surface area contributed by atoms with Gasteiger partial charge in [0.25, 0.3) is 0 Å². The molecule has 26 heavy (non-hydrogen) atoms. The molecule has 2 aromatic heterocycles. The average molecular weight is 357 g/mol. The topological polar surface area (TPSA) is 72.2 Å². The Morgan fingerprint density at radius 2 is 1.96 bits per heavy atom. The SMILES string of the molecule is COc1cc(N2CCCC(c3nnc(CN4CCCC4)n3C)C2)ncn1. The molecule has 1 unspecified atom stereocenters. The fourth-order valence-corrected chi connectivity index (χ4v) is 4.02. The van der Waals surface area contributed by atoms with E-state index in [1.165, 1.54) is 25.9 Å². The van der Waals surface area contributed by atoms with Crippen LogP contribution in [0.3, 0.4) is 0 Å². The highest BCUT2D eigenvalue weighted by Crippen LogP contribution is 2.29. The summed E-state index contributed by atoms with van der Waals surface area (Å²) in [6, 6.07) is 1.90. The van der Waals surface area contributed by atoms with Crippen LogP contribution in [-0.2, 0) is 13.6 Å². The standard InChI is InChI=1S/C18H27N7O/c1-23-16(12-24-7-3-4-8-24)21-22-18(23)14-6-5-9-25(11-14)15-10-17(26-2)20-13-19-15/h10,13-14H,3-9,11-12H2,1-2H3. The normalized spacial score (nSPS) is 21.3. The second-order valence-electron chi connectivity index (χ2n) is 7.22. The number of piperidine rings is 1. The average Bonchev–Trinajstić information content (AvgIpc) is 3.33. The van der Waals surface area contributed by atoms with E-state index in [1.54, 1.807) is 13.4 Å². The summed E-state index contributed by atoms with van der Waals surface area (Å²) in [5.74, 6) is 4.05. The van der Waals surface area contributed by atoms with Crippen molar-refractivity contribution in [2.75, 3.05) is 38.2 Å². The molecule has 2 aliphatic heterocycles. The fraction of sp³-hybridized carbons (Fsp3) is 0.667. The molecule has 2 fully saturated rings. The van der Waals surface area contributed by atoms with E-state index in [4.69, 9.17) is 4.74 Å². The van der Waals surface area contributed by atoms with Gasteiger partial charge in [0.05, 0.1) is 13.7 Å². The highest BCUT2D eigenvalue weighted by Gasteiger charge is 2.27. The molecule has 0 aromatic carbocycles. The van der Waals surface area contributed by atoms with Crippen LogP contribution in [0.25, 0.3) is 0 Å².